The van der Waals surface area contributed by atoms with Crippen LogP contribution >= 0.6 is 12.6 Å². The fraction of sp³-hybridized carbons (Fsp3) is 0.0667. The molecule has 0 aliphatic heterocycles. The zero-order valence-corrected chi connectivity index (χ0v) is 20.8. The third-order valence-electron chi connectivity index (χ3n) is 5.69. The molecule has 0 spiro atoms. The van der Waals surface area contributed by atoms with Crippen molar-refractivity contribution in [2.24, 2.45) is 0 Å². The van der Waals surface area contributed by atoms with Gasteiger partial charge in [-0.15, -0.1) is 12.6 Å². The van der Waals surface area contributed by atoms with Crippen molar-refractivity contribution in [1.29, 1.82) is 0 Å². The molecular weight excluding hydrogens is 466 g/mol. The van der Waals surface area contributed by atoms with Crippen molar-refractivity contribution in [3.63, 3.8) is 0 Å². The lowest BCUT2D eigenvalue weighted by atomic mass is 10.0. The van der Waals surface area contributed by atoms with Gasteiger partial charge in [-0.2, -0.15) is 0 Å². The van der Waals surface area contributed by atoms with Crippen molar-refractivity contribution in [3.8, 4) is 0 Å². The molecule has 0 heterocycles. The van der Waals surface area contributed by atoms with Crippen LogP contribution in [0.4, 0.5) is 11.4 Å². The minimum absolute atomic E-state index is 0.185. The van der Waals surface area contributed by atoms with Crippen LogP contribution in [0.25, 0.3) is 11.6 Å². The van der Waals surface area contributed by atoms with E-state index in [1.807, 2.05) is 85.8 Å². The maximum absolute atomic E-state index is 13.2. The summed E-state index contributed by atoms with van der Waals surface area (Å²) >= 11 is 4.34. The molecular formula is C30H27N3O2S. The van der Waals surface area contributed by atoms with E-state index in [1.165, 1.54) is 0 Å². The van der Waals surface area contributed by atoms with Gasteiger partial charge in [-0.3, -0.25) is 9.59 Å². The van der Waals surface area contributed by atoms with Crippen molar-refractivity contribution in [2.45, 2.75) is 18.4 Å². The van der Waals surface area contributed by atoms with E-state index >= 15 is 0 Å². The van der Waals surface area contributed by atoms with E-state index in [0.29, 0.717) is 29.1 Å². The molecule has 4 aromatic rings. The highest BCUT2D eigenvalue weighted by molar-refractivity contribution is 7.80. The molecule has 4 rings (SSSR count). The fourth-order valence-corrected chi connectivity index (χ4v) is 3.76. The molecule has 180 valence electrons. The van der Waals surface area contributed by atoms with Crippen molar-refractivity contribution in [1.82, 2.24) is 5.32 Å². The normalized spacial score (nSPS) is 11.1. The Labute approximate surface area is 216 Å². The molecule has 0 radical (unpaired) electrons. The van der Waals surface area contributed by atoms with Gasteiger partial charge >= 0.3 is 0 Å². The predicted molar refractivity (Wildman–Crippen MR) is 150 cm³/mol. The number of anilines is 2. The van der Waals surface area contributed by atoms with Crippen LogP contribution in [-0.2, 0) is 11.3 Å². The molecule has 5 nitrogen and oxygen atoms in total. The first-order chi connectivity index (χ1) is 17.4. The summed E-state index contributed by atoms with van der Waals surface area (Å²) in [7, 11) is 0. The van der Waals surface area contributed by atoms with Crippen LogP contribution in [0.1, 0.15) is 32.6 Å². The number of carbonyl (C=O) groups is 2. The van der Waals surface area contributed by atoms with Crippen LogP contribution in [0.5, 0.6) is 0 Å². The number of nitrogens with one attached hydrogen (secondary N) is 2. The van der Waals surface area contributed by atoms with Gasteiger partial charge in [0.1, 0.15) is 0 Å². The minimum atomic E-state index is -0.250. The number of nitrogen functional groups attached to an aromatic ring is 1. The number of para-hydroxylation sites is 2. The number of amides is 2. The zero-order valence-electron chi connectivity index (χ0n) is 19.9. The average Bonchev–Trinajstić information content (AvgIpc) is 2.89. The number of rotatable bonds is 7. The molecule has 0 fully saturated rings. The third kappa shape index (κ3) is 6.43. The van der Waals surface area contributed by atoms with E-state index in [-0.39, 0.29) is 11.8 Å². The second-order valence-electron chi connectivity index (χ2n) is 8.44. The van der Waals surface area contributed by atoms with E-state index in [0.717, 1.165) is 27.1 Å². The van der Waals surface area contributed by atoms with Gasteiger partial charge in [0, 0.05) is 22.6 Å². The van der Waals surface area contributed by atoms with Crippen LogP contribution in [0.2, 0.25) is 0 Å². The SMILES string of the molecule is Cc1ccc(/C(=C\c2ccc(S)cc2)C(=O)NCc2ccc(C(=O)Nc3ccccc3N)cc2)cc1. The van der Waals surface area contributed by atoms with Gasteiger partial charge in [-0.05, 0) is 66.1 Å². The Morgan fingerprint density at radius 3 is 2.14 bits per heavy atom. The Balaban J connectivity index is 1.46. The van der Waals surface area contributed by atoms with Crippen LogP contribution in [0.3, 0.4) is 0 Å². The van der Waals surface area contributed by atoms with Gasteiger partial charge in [-0.25, -0.2) is 0 Å². The molecule has 4 aromatic carbocycles. The summed E-state index contributed by atoms with van der Waals surface area (Å²) in [4.78, 5) is 26.6. The van der Waals surface area contributed by atoms with Gasteiger partial charge < -0.3 is 16.4 Å². The summed E-state index contributed by atoms with van der Waals surface area (Å²) in [5, 5.41) is 5.81. The van der Waals surface area contributed by atoms with Gasteiger partial charge in [0.15, 0.2) is 0 Å². The smallest absolute Gasteiger partial charge is 0.255 e. The van der Waals surface area contributed by atoms with Crippen molar-refractivity contribution < 1.29 is 9.59 Å². The average molecular weight is 494 g/mol. The largest absolute Gasteiger partial charge is 0.397 e. The van der Waals surface area contributed by atoms with E-state index in [2.05, 4.69) is 23.3 Å². The van der Waals surface area contributed by atoms with Crippen molar-refractivity contribution in [3.05, 3.63) is 125 Å². The Hall–Kier alpha value is -4.29. The van der Waals surface area contributed by atoms with E-state index < -0.39 is 0 Å². The number of thiol groups is 1. The van der Waals surface area contributed by atoms with Crippen molar-refractivity contribution in [2.75, 3.05) is 11.1 Å². The third-order valence-corrected chi connectivity index (χ3v) is 5.99. The predicted octanol–water partition coefficient (Wildman–Crippen LogP) is 5.98. The lowest BCUT2D eigenvalue weighted by molar-refractivity contribution is -0.115. The van der Waals surface area contributed by atoms with Crippen LogP contribution in [-0.4, -0.2) is 11.8 Å². The van der Waals surface area contributed by atoms with Gasteiger partial charge in [0.05, 0.1) is 11.4 Å². The number of nitrogens with two attached hydrogens (primary N) is 1. The molecule has 0 atom stereocenters. The highest BCUT2D eigenvalue weighted by atomic mass is 32.1. The molecule has 36 heavy (non-hydrogen) atoms. The lowest BCUT2D eigenvalue weighted by Crippen LogP contribution is -2.24. The Bertz CT molecular complexity index is 1390. The van der Waals surface area contributed by atoms with Crippen LogP contribution < -0.4 is 16.4 Å². The first kappa shape index (κ1) is 24.8. The summed E-state index contributed by atoms with van der Waals surface area (Å²) in [5.41, 5.74) is 11.8. The molecule has 0 aliphatic carbocycles. The van der Waals surface area contributed by atoms with E-state index in [1.54, 1.807) is 24.3 Å². The molecule has 6 heteroatoms. The molecule has 0 unspecified atom stereocenters. The Morgan fingerprint density at radius 1 is 0.833 bits per heavy atom. The van der Waals surface area contributed by atoms with Crippen LogP contribution in [0.15, 0.2) is 102 Å². The quantitative estimate of drug-likeness (QED) is 0.111. The standard InChI is InChI=1S/C30H27N3O2S/c1-20-6-12-23(13-7-20)26(18-21-10-16-25(36)17-11-21)30(35)32-19-22-8-14-24(15-9-22)29(34)33-28-5-3-2-4-27(28)31/h2-18,36H,19,31H2,1H3,(H,32,35)(H,33,34)/b26-18+. The molecule has 0 saturated heterocycles. The summed E-state index contributed by atoms with van der Waals surface area (Å²) in [6.45, 7) is 2.34. The minimum Gasteiger partial charge on any atom is -0.397 e. The second kappa shape index (κ2) is 11.4. The van der Waals surface area contributed by atoms with Gasteiger partial charge in [-0.1, -0.05) is 66.2 Å². The summed E-state index contributed by atoms with van der Waals surface area (Å²) < 4.78 is 0. The monoisotopic (exact) mass is 493 g/mol. The van der Waals surface area contributed by atoms with Gasteiger partial charge in [0.25, 0.3) is 11.8 Å². The molecule has 0 bridgehead atoms. The number of hydrogen-bond donors (Lipinski definition) is 4. The maximum atomic E-state index is 13.2. The number of benzene rings is 4. The lowest BCUT2D eigenvalue weighted by Gasteiger charge is -2.11. The van der Waals surface area contributed by atoms with E-state index in [4.69, 9.17) is 5.73 Å². The van der Waals surface area contributed by atoms with E-state index in [9.17, 15) is 9.59 Å². The highest BCUT2D eigenvalue weighted by Gasteiger charge is 2.13. The van der Waals surface area contributed by atoms with Crippen LogP contribution in [0, 0.1) is 6.92 Å². The first-order valence-corrected chi connectivity index (χ1v) is 11.9. The maximum Gasteiger partial charge on any atom is 0.255 e. The van der Waals surface area contributed by atoms with Crippen molar-refractivity contribution >= 4 is 47.5 Å². The fourth-order valence-electron chi connectivity index (χ4n) is 3.61. The molecule has 2 amide bonds. The molecule has 4 N–H and O–H groups in total. The van der Waals surface area contributed by atoms with Gasteiger partial charge in [0.2, 0.25) is 0 Å². The topological polar surface area (TPSA) is 84.2 Å². The summed E-state index contributed by atoms with van der Waals surface area (Å²) in [6, 6.07) is 29.7. The number of hydrogen-bond acceptors (Lipinski definition) is 4. The summed E-state index contributed by atoms with van der Waals surface area (Å²) in [5.74, 6) is -0.435. The Morgan fingerprint density at radius 2 is 1.47 bits per heavy atom. The zero-order chi connectivity index (χ0) is 25.5. The summed E-state index contributed by atoms with van der Waals surface area (Å²) in [6.07, 6.45) is 1.87. The highest BCUT2D eigenvalue weighted by Crippen LogP contribution is 2.21. The number of carbonyl (C=O) groups excluding carboxylic acids is 2. The first-order valence-electron chi connectivity index (χ1n) is 11.5. The second-order valence-corrected chi connectivity index (χ2v) is 8.95. The number of aryl methyl sites for hydroxylation is 1. The molecule has 0 aromatic heterocycles. The Kier molecular flexibility index (Phi) is 7.88. The molecule has 0 aliphatic rings. The molecule has 0 saturated carbocycles.